The maximum Gasteiger partial charge on any atom is 0.256 e. The summed E-state index contributed by atoms with van der Waals surface area (Å²) < 4.78 is 65.5. The van der Waals surface area contributed by atoms with Crippen LogP contribution in [0.5, 0.6) is 0 Å². The summed E-state index contributed by atoms with van der Waals surface area (Å²) in [6, 6.07) is 1.59. The van der Waals surface area contributed by atoms with Gasteiger partial charge in [0.15, 0.2) is 17.5 Å². The van der Waals surface area contributed by atoms with Crippen LogP contribution in [0.1, 0.15) is 30.1 Å². The highest BCUT2D eigenvalue weighted by molar-refractivity contribution is 7.89. The van der Waals surface area contributed by atoms with Gasteiger partial charge in [-0.15, -0.1) is 0 Å². The van der Waals surface area contributed by atoms with Crippen molar-refractivity contribution in [3.63, 3.8) is 0 Å². The highest BCUT2D eigenvalue weighted by Gasteiger charge is 2.28. The molecule has 134 valence electrons. The number of nitrogens with zero attached hydrogens (tertiary/aromatic N) is 2. The van der Waals surface area contributed by atoms with Crippen molar-refractivity contribution in [2.45, 2.75) is 19.8 Å². The van der Waals surface area contributed by atoms with Crippen molar-refractivity contribution in [1.29, 1.82) is 0 Å². The van der Waals surface area contributed by atoms with Gasteiger partial charge in [0, 0.05) is 26.2 Å². The number of hydrogen-bond acceptors (Lipinski definition) is 3. The van der Waals surface area contributed by atoms with Crippen LogP contribution >= 0.6 is 0 Å². The third kappa shape index (κ3) is 3.89. The maximum absolute atomic E-state index is 13.8. The zero-order valence-electron chi connectivity index (χ0n) is 13.3. The van der Waals surface area contributed by atoms with Crippen LogP contribution in [-0.2, 0) is 10.0 Å². The first-order valence-electron chi connectivity index (χ1n) is 7.68. The van der Waals surface area contributed by atoms with Crippen molar-refractivity contribution < 1.29 is 26.4 Å². The number of sulfonamides is 1. The van der Waals surface area contributed by atoms with Crippen molar-refractivity contribution in [1.82, 2.24) is 9.21 Å². The van der Waals surface area contributed by atoms with E-state index < -0.39 is 38.9 Å². The predicted octanol–water partition coefficient (Wildman–Crippen LogP) is 1.99. The van der Waals surface area contributed by atoms with Crippen LogP contribution < -0.4 is 0 Å². The first-order valence-corrected chi connectivity index (χ1v) is 9.29. The first-order chi connectivity index (χ1) is 11.3. The van der Waals surface area contributed by atoms with E-state index in [9.17, 15) is 26.4 Å². The van der Waals surface area contributed by atoms with E-state index in [0.29, 0.717) is 18.9 Å². The molecule has 0 saturated carbocycles. The van der Waals surface area contributed by atoms with E-state index >= 15 is 0 Å². The Labute approximate surface area is 139 Å². The van der Waals surface area contributed by atoms with Crippen LogP contribution in [-0.4, -0.2) is 55.5 Å². The molecule has 1 aliphatic rings. The van der Waals surface area contributed by atoms with E-state index in [2.05, 4.69) is 0 Å². The summed E-state index contributed by atoms with van der Waals surface area (Å²) >= 11 is 0. The van der Waals surface area contributed by atoms with Crippen molar-refractivity contribution in [3.8, 4) is 0 Å². The summed E-state index contributed by atoms with van der Waals surface area (Å²) in [4.78, 5) is 13.6. The summed E-state index contributed by atoms with van der Waals surface area (Å²) in [5, 5.41) is 0. The molecule has 1 aromatic carbocycles. The number of benzene rings is 1. The van der Waals surface area contributed by atoms with Gasteiger partial charge >= 0.3 is 0 Å². The van der Waals surface area contributed by atoms with Crippen LogP contribution in [0, 0.1) is 17.5 Å². The Bertz CT molecular complexity index is 725. The summed E-state index contributed by atoms with van der Waals surface area (Å²) in [6.07, 6.45) is 0.877. The van der Waals surface area contributed by atoms with Crippen molar-refractivity contribution in [2.75, 3.05) is 31.9 Å². The molecule has 0 spiro atoms. The normalized spacial score (nSPS) is 16.9. The van der Waals surface area contributed by atoms with Gasteiger partial charge in [-0.25, -0.2) is 25.9 Å². The Morgan fingerprint density at radius 1 is 1.08 bits per heavy atom. The lowest BCUT2D eigenvalue weighted by molar-refractivity contribution is 0.0758. The molecule has 1 fully saturated rings. The molecular weight excluding hydrogens is 345 g/mol. The summed E-state index contributed by atoms with van der Waals surface area (Å²) in [5.74, 6) is -5.33. The van der Waals surface area contributed by atoms with E-state index in [-0.39, 0.29) is 31.9 Å². The minimum atomic E-state index is -3.38. The van der Waals surface area contributed by atoms with E-state index in [0.717, 1.165) is 6.07 Å². The number of carbonyl (C=O) groups excluding carboxylic acids is 1. The second kappa shape index (κ2) is 7.52. The SMILES string of the molecule is CCCS(=O)(=O)N1CCCN(C(=O)c2ccc(F)c(F)c2F)CC1. The molecule has 1 saturated heterocycles. The van der Waals surface area contributed by atoms with E-state index in [1.54, 1.807) is 6.92 Å². The molecule has 9 heteroatoms. The molecule has 2 rings (SSSR count). The fourth-order valence-electron chi connectivity index (χ4n) is 2.62. The molecule has 0 unspecified atom stereocenters. The standard InChI is InChI=1S/C15H19F3N2O3S/c1-2-10-24(22,23)20-7-3-6-19(8-9-20)15(21)11-4-5-12(16)14(18)13(11)17/h4-5H,2-3,6-10H2,1H3. The van der Waals surface area contributed by atoms with Gasteiger partial charge in [0.2, 0.25) is 10.0 Å². The van der Waals surface area contributed by atoms with E-state index in [4.69, 9.17) is 0 Å². The van der Waals surface area contributed by atoms with Crippen LogP contribution in [0.25, 0.3) is 0 Å². The van der Waals surface area contributed by atoms with Crippen molar-refractivity contribution >= 4 is 15.9 Å². The minimum Gasteiger partial charge on any atom is -0.337 e. The smallest absolute Gasteiger partial charge is 0.256 e. The molecule has 0 aromatic heterocycles. The van der Waals surface area contributed by atoms with Gasteiger partial charge in [-0.05, 0) is 25.0 Å². The fourth-order valence-corrected chi connectivity index (χ4v) is 4.16. The molecule has 1 aromatic rings. The van der Waals surface area contributed by atoms with Crippen LogP contribution in [0.15, 0.2) is 12.1 Å². The molecule has 0 bridgehead atoms. The largest absolute Gasteiger partial charge is 0.337 e. The lowest BCUT2D eigenvalue weighted by atomic mass is 10.1. The Balaban J connectivity index is 2.14. The number of rotatable bonds is 4. The molecule has 0 N–H and O–H groups in total. The molecule has 1 aliphatic heterocycles. The zero-order chi connectivity index (χ0) is 17.9. The topological polar surface area (TPSA) is 57.7 Å². The van der Waals surface area contributed by atoms with Gasteiger partial charge in [-0.1, -0.05) is 6.92 Å². The van der Waals surface area contributed by atoms with Crippen LogP contribution in [0.3, 0.4) is 0 Å². The highest BCUT2D eigenvalue weighted by atomic mass is 32.2. The molecular formula is C15H19F3N2O3S. The average molecular weight is 364 g/mol. The lowest BCUT2D eigenvalue weighted by Crippen LogP contribution is -2.38. The summed E-state index contributed by atoms with van der Waals surface area (Å²) in [7, 11) is -3.38. The van der Waals surface area contributed by atoms with Crippen molar-refractivity contribution in [2.24, 2.45) is 0 Å². The number of carbonyl (C=O) groups is 1. The Kier molecular flexibility index (Phi) is 5.87. The summed E-state index contributed by atoms with van der Waals surface area (Å²) in [5.41, 5.74) is -0.557. The number of hydrogen-bond donors (Lipinski definition) is 0. The van der Waals surface area contributed by atoms with Gasteiger partial charge in [0.1, 0.15) is 0 Å². The van der Waals surface area contributed by atoms with E-state index in [1.807, 2.05) is 0 Å². The molecule has 0 aliphatic carbocycles. The predicted molar refractivity (Wildman–Crippen MR) is 82.5 cm³/mol. The van der Waals surface area contributed by atoms with E-state index in [1.165, 1.54) is 9.21 Å². The lowest BCUT2D eigenvalue weighted by Gasteiger charge is -2.22. The van der Waals surface area contributed by atoms with Gasteiger partial charge in [-0.3, -0.25) is 4.79 Å². The molecule has 24 heavy (non-hydrogen) atoms. The average Bonchev–Trinajstić information content (AvgIpc) is 2.79. The Morgan fingerprint density at radius 3 is 2.46 bits per heavy atom. The molecule has 1 amide bonds. The first kappa shape index (κ1) is 18.7. The molecule has 5 nitrogen and oxygen atoms in total. The second-order valence-corrected chi connectivity index (χ2v) is 7.67. The van der Waals surface area contributed by atoms with Gasteiger partial charge in [0.25, 0.3) is 5.91 Å². The maximum atomic E-state index is 13.8. The molecule has 0 atom stereocenters. The van der Waals surface area contributed by atoms with Gasteiger partial charge in [-0.2, -0.15) is 0 Å². The molecule has 1 heterocycles. The van der Waals surface area contributed by atoms with Crippen LogP contribution in [0.4, 0.5) is 13.2 Å². The monoisotopic (exact) mass is 364 g/mol. The number of amides is 1. The third-order valence-corrected chi connectivity index (χ3v) is 5.94. The summed E-state index contributed by atoms with van der Waals surface area (Å²) in [6.45, 7) is 2.42. The quantitative estimate of drug-likeness (QED) is 0.768. The third-order valence-electron chi connectivity index (χ3n) is 3.86. The Morgan fingerprint density at radius 2 is 1.79 bits per heavy atom. The van der Waals surface area contributed by atoms with Crippen molar-refractivity contribution in [3.05, 3.63) is 35.1 Å². The van der Waals surface area contributed by atoms with Gasteiger partial charge in [0.05, 0.1) is 11.3 Å². The zero-order valence-corrected chi connectivity index (χ0v) is 14.1. The fraction of sp³-hybridized carbons (Fsp3) is 0.533. The molecule has 0 radical (unpaired) electrons. The van der Waals surface area contributed by atoms with Gasteiger partial charge < -0.3 is 4.90 Å². The second-order valence-electron chi connectivity index (χ2n) is 5.58. The number of halogens is 3. The Hall–Kier alpha value is -1.61. The van der Waals surface area contributed by atoms with Crippen LogP contribution in [0.2, 0.25) is 0 Å². The minimum absolute atomic E-state index is 0.0265. The highest BCUT2D eigenvalue weighted by Crippen LogP contribution is 2.18.